The number of hydrogen-bond donors (Lipinski definition) is 1. The van der Waals surface area contributed by atoms with Crippen LogP contribution in [0.1, 0.15) is 61.1 Å². The zero-order chi connectivity index (χ0) is 27.2. The molecule has 202 valence electrons. The first-order valence-corrected chi connectivity index (χ1v) is 13.0. The maximum absolute atomic E-state index is 13.7. The van der Waals surface area contributed by atoms with Gasteiger partial charge in [0.2, 0.25) is 11.8 Å². The van der Waals surface area contributed by atoms with Gasteiger partial charge in [0.15, 0.2) is 11.6 Å². The molecule has 3 fully saturated rings. The van der Waals surface area contributed by atoms with E-state index in [0.29, 0.717) is 49.0 Å². The number of benzene rings is 2. The van der Waals surface area contributed by atoms with Crippen LogP contribution in [0.4, 0.5) is 18.9 Å². The Morgan fingerprint density at radius 1 is 1.11 bits per heavy atom. The zero-order valence-corrected chi connectivity index (χ0v) is 21.1. The van der Waals surface area contributed by atoms with Crippen molar-refractivity contribution in [3.05, 3.63) is 74.6 Å². The van der Waals surface area contributed by atoms with E-state index in [4.69, 9.17) is 0 Å². The second-order valence-electron chi connectivity index (χ2n) is 11.0. The summed E-state index contributed by atoms with van der Waals surface area (Å²) in [5.74, 6) is -2.77. The molecule has 7 nitrogen and oxygen atoms in total. The highest BCUT2D eigenvalue weighted by Crippen LogP contribution is 2.55. The van der Waals surface area contributed by atoms with E-state index >= 15 is 0 Å². The Balaban J connectivity index is 1.05. The second-order valence-corrected chi connectivity index (χ2v) is 11.0. The molecule has 2 aromatic carbocycles. The Kier molecular flexibility index (Phi) is 6.92. The highest BCUT2D eigenvalue weighted by molar-refractivity contribution is 5.83. The van der Waals surface area contributed by atoms with Gasteiger partial charge in [-0.1, -0.05) is 6.07 Å². The standard InChI is InChI=1S/C28H30F3N3O4/c1-16-11-18(24(34(37)38)14-22(16)30)3-2-4-26(35)33-9-7-28(8-10-33)15-25(28)32-27(36)20-13-19(20)17-5-6-21(29)23(31)12-17/h5-6,11-12,14,19-20,25H,2-4,7-10,13,15H2,1H3,(H,32,36). The van der Waals surface area contributed by atoms with Crippen LogP contribution >= 0.6 is 0 Å². The number of hydrogen-bond acceptors (Lipinski definition) is 4. The fourth-order valence-corrected chi connectivity index (χ4v) is 5.87. The molecular formula is C28H30F3N3O4. The summed E-state index contributed by atoms with van der Waals surface area (Å²) in [7, 11) is 0. The minimum absolute atomic E-state index is 0.00470. The largest absolute Gasteiger partial charge is 0.353 e. The van der Waals surface area contributed by atoms with Crippen LogP contribution in [0.3, 0.4) is 0 Å². The molecule has 1 heterocycles. The van der Waals surface area contributed by atoms with Crippen molar-refractivity contribution in [2.75, 3.05) is 13.1 Å². The monoisotopic (exact) mass is 529 g/mol. The van der Waals surface area contributed by atoms with Crippen LogP contribution in [0.2, 0.25) is 0 Å². The summed E-state index contributed by atoms with van der Waals surface area (Å²) < 4.78 is 40.4. The number of carbonyl (C=O) groups excluding carboxylic acids is 2. The van der Waals surface area contributed by atoms with Gasteiger partial charge in [-0.3, -0.25) is 19.7 Å². The van der Waals surface area contributed by atoms with Crippen molar-refractivity contribution in [3.8, 4) is 0 Å². The Morgan fingerprint density at radius 2 is 1.84 bits per heavy atom. The Bertz CT molecular complexity index is 1290. The van der Waals surface area contributed by atoms with Gasteiger partial charge in [-0.05, 0) is 86.1 Å². The number of carbonyl (C=O) groups is 2. The predicted octanol–water partition coefficient (Wildman–Crippen LogP) is 4.94. The Morgan fingerprint density at radius 3 is 2.53 bits per heavy atom. The van der Waals surface area contributed by atoms with Gasteiger partial charge in [0.05, 0.1) is 11.0 Å². The molecule has 3 atom stereocenters. The molecule has 10 heteroatoms. The van der Waals surface area contributed by atoms with E-state index in [2.05, 4.69) is 5.32 Å². The van der Waals surface area contributed by atoms with Gasteiger partial charge in [0.25, 0.3) is 5.69 Å². The zero-order valence-electron chi connectivity index (χ0n) is 21.1. The topological polar surface area (TPSA) is 92.6 Å². The second kappa shape index (κ2) is 10.0. The van der Waals surface area contributed by atoms with Gasteiger partial charge in [-0.25, -0.2) is 13.2 Å². The average Bonchev–Trinajstić information content (AvgIpc) is 3.80. The third-order valence-electron chi connectivity index (χ3n) is 8.51. The lowest BCUT2D eigenvalue weighted by molar-refractivity contribution is -0.385. The number of nitrogens with zero attached hydrogens (tertiary/aromatic N) is 2. The van der Waals surface area contributed by atoms with E-state index in [1.807, 2.05) is 4.90 Å². The molecule has 3 aliphatic rings. The van der Waals surface area contributed by atoms with E-state index in [9.17, 15) is 32.9 Å². The van der Waals surface area contributed by atoms with Crippen LogP contribution in [-0.4, -0.2) is 40.8 Å². The first-order valence-electron chi connectivity index (χ1n) is 13.0. The lowest BCUT2D eigenvalue weighted by atomic mass is 9.92. The molecule has 38 heavy (non-hydrogen) atoms. The van der Waals surface area contributed by atoms with Gasteiger partial charge in [-0.15, -0.1) is 0 Å². The molecule has 2 aromatic rings. The van der Waals surface area contributed by atoms with Crippen LogP contribution in [0, 0.1) is 45.8 Å². The minimum atomic E-state index is -0.900. The van der Waals surface area contributed by atoms with Gasteiger partial charge < -0.3 is 10.2 Å². The van der Waals surface area contributed by atoms with E-state index in [1.165, 1.54) is 18.2 Å². The highest BCUT2D eigenvalue weighted by atomic mass is 19.2. The molecule has 0 radical (unpaired) electrons. The summed E-state index contributed by atoms with van der Waals surface area (Å²) in [6, 6.07) is 6.28. The number of aryl methyl sites for hydroxylation is 2. The number of nitro benzene ring substituents is 1. The third-order valence-corrected chi connectivity index (χ3v) is 8.51. The fraction of sp³-hybridized carbons (Fsp3) is 0.500. The van der Waals surface area contributed by atoms with E-state index < -0.39 is 22.4 Å². The molecular weight excluding hydrogens is 499 g/mol. The summed E-state index contributed by atoms with van der Waals surface area (Å²) in [6.07, 6.45) is 4.10. The van der Waals surface area contributed by atoms with Crippen molar-refractivity contribution < 1.29 is 27.7 Å². The smallest absolute Gasteiger partial charge is 0.275 e. The molecule has 2 amide bonds. The van der Waals surface area contributed by atoms with E-state index in [0.717, 1.165) is 31.4 Å². The number of amides is 2. The molecule has 1 saturated heterocycles. The van der Waals surface area contributed by atoms with Gasteiger partial charge in [-0.2, -0.15) is 0 Å². The first kappa shape index (κ1) is 26.2. The summed E-state index contributed by atoms with van der Waals surface area (Å²) in [5, 5.41) is 14.4. The number of nitro groups is 1. The molecule has 2 aliphatic carbocycles. The summed E-state index contributed by atoms with van der Waals surface area (Å²) >= 11 is 0. The number of piperidine rings is 1. The quantitative estimate of drug-likeness (QED) is 0.387. The lowest BCUT2D eigenvalue weighted by Crippen LogP contribution is -2.42. The van der Waals surface area contributed by atoms with Gasteiger partial charge >= 0.3 is 0 Å². The van der Waals surface area contributed by atoms with Crippen LogP contribution in [0.25, 0.3) is 0 Å². The molecule has 1 aliphatic heterocycles. The van der Waals surface area contributed by atoms with Crippen molar-refractivity contribution >= 4 is 17.5 Å². The molecule has 3 unspecified atom stereocenters. The van der Waals surface area contributed by atoms with Crippen molar-refractivity contribution in [1.82, 2.24) is 10.2 Å². The predicted molar refractivity (Wildman–Crippen MR) is 133 cm³/mol. The van der Waals surface area contributed by atoms with Gasteiger partial charge in [0, 0.05) is 37.0 Å². The summed E-state index contributed by atoms with van der Waals surface area (Å²) in [5.41, 5.74) is 1.16. The van der Waals surface area contributed by atoms with Gasteiger partial charge in [0.1, 0.15) is 5.82 Å². The Labute approximate surface area is 218 Å². The first-order chi connectivity index (χ1) is 18.1. The van der Waals surface area contributed by atoms with E-state index in [1.54, 1.807) is 6.92 Å². The van der Waals surface area contributed by atoms with Crippen LogP contribution < -0.4 is 5.32 Å². The summed E-state index contributed by atoms with van der Waals surface area (Å²) in [4.78, 5) is 37.9. The fourth-order valence-electron chi connectivity index (χ4n) is 5.87. The van der Waals surface area contributed by atoms with E-state index in [-0.39, 0.29) is 47.2 Å². The van der Waals surface area contributed by atoms with Crippen molar-refractivity contribution in [3.63, 3.8) is 0 Å². The van der Waals surface area contributed by atoms with Crippen LogP contribution in [0.5, 0.6) is 0 Å². The number of halogens is 3. The van der Waals surface area contributed by atoms with Crippen molar-refractivity contribution in [2.45, 2.75) is 63.8 Å². The van der Waals surface area contributed by atoms with Crippen LogP contribution in [0.15, 0.2) is 30.3 Å². The minimum Gasteiger partial charge on any atom is -0.353 e. The van der Waals surface area contributed by atoms with Crippen molar-refractivity contribution in [2.24, 2.45) is 11.3 Å². The van der Waals surface area contributed by atoms with Crippen molar-refractivity contribution in [1.29, 1.82) is 0 Å². The maximum Gasteiger partial charge on any atom is 0.275 e. The molecule has 0 aromatic heterocycles. The third kappa shape index (κ3) is 5.26. The molecule has 2 saturated carbocycles. The Hall–Kier alpha value is -3.43. The maximum atomic E-state index is 13.7. The van der Waals surface area contributed by atoms with Crippen LogP contribution in [-0.2, 0) is 16.0 Å². The number of likely N-dealkylation sites (tertiary alicyclic amines) is 1. The SMILES string of the molecule is Cc1cc(CCCC(=O)N2CCC3(CC2)CC3NC(=O)C2CC2c2ccc(F)c(F)c2)c([N+](=O)[O-])cc1F. The molecule has 0 bridgehead atoms. The lowest BCUT2D eigenvalue weighted by Gasteiger charge is -2.33. The number of rotatable bonds is 8. The highest BCUT2D eigenvalue weighted by Gasteiger charge is 2.57. The summed E-state index contributed by atoms with van der Waals surface area (Å²) in [6.45, 7) is 2.75. The molecule has 1 spiro atoms. The number of nitrogens with one attached hydrogen (secondary N) is 1. The molecule has 1 N–H and O–H groups in total. The average molecular weight is 530 g/mol. The molecule has 5 rings (SSSR count). The normalized spacial score (nSPS) is 23.3.